The highest BCUT2D eigenvalue weighted by Crippen LogP contribution is 2.67. The standard InChI is InChI=1S/C14H17N3O3/c1-17-11(2-3-15-17)7-4-8(7)12(18)16-10-6-14(13(19)20)5-9(10)14/h2-3,7-10H,4-6H2,1H3,(H,16,18)(H,19,20)/t7-,8-,9+,10-,14+/m1/s1. The van der Waals surface area contributed by atoms with E-state index in [4.69, 9.17) is 5.11 Å². The number of hydrogen-bond acceptors (Lipinski definition) is 3. The molecule has 0 radical (unpaired) electrons. The molecule has 0 aromatic carbocycles. The van der Waals surface area contributed by atoms with Crippen LogP contribution < -0.4 is 5.32 Å². The number of carbonyl (C=O) groups is 2. The molecule has 1 aromatic rings. The summed E-state index contributed by atoms with van der Waals surface area (Å²) in [7, 11) is 1.89. The van der Waals surface area contributed by atoms with E-state index in [9.17, 15) is 9.59 Å². The molecule has 6 nitrogen and oxygen atoms in total. The fourth-order valence-electron chi connectivity index (χ4n) is 3.80. The first-order valence-corrected chi connectivity index (χ1v) is 7.04. The minimum absolute atomic E-state index is 0.0315. The van der Waals surface area contributed by atoms with Gasteiger partial charge in [0.15, 0.2) is 0 Å². The number of aromatic nitrogens is 2. The van der Waals surface area contributed by atoms with Gasteiger partial charge in [-0.15, -0.1) is 0 Å². The van der Waals surface area contributed by atoms with Gasteiger partial charge in [-0.05, 0) is 31.2 Å². The molecular weight excluding hydrogens is 258 g/mol. The van der Waals surface area contributed by atoms with E-state index >= 15 is 0 Å². The first kappa shape index (κ1) is 11.9. The molecule has 2 N–H and O–H groups in total. The molecule has 20 heavy (non-hydrogen) atoms. The lowest BCUT2D eigenvalue weighted by molar-refractivity contribution is -0.148. The van der Waals surface area contributed by atoms with Crippen molar-refractivity contribution in [2.75, 3.05) is 0 Å². The van der Waals surface area contributed by atoms with Gasteiger partial charge in [-0.2, -0.15) is 5.10 Å². The third-order valence-corrected chi connectivity index (χ3v) is 5.32. The number of rotatable bonds is 4. The van der Waals surface area contributed by atoms with Crippen LogP contribution in [0, 0.1) is 17.3 Å². The fourth-order valence-corrected chi connectivity index (χ4v) is 3.80. The topological polar surface area (TPSA) is 84.2 Å². The second-order valence-electron chi connectivity index (χ2n) is 6.42. The molecule has 5 atom stereocenters. The van der Waals surface area contributed by atoms with Crippen molar-refractivity contribution in [1.29, 1.82) is 0 Å². The van der Waals surface area contributed by atoms with Crippen LogP contribution in [0.5, 0.6) is 0 Å². The summed E-state index contributed by atoms with van der Waals surface area (Å²) < 4.78 is 1.82. The van der Waals surface area contributed by atoms with Crippen molar-refractivity contribution < 1.29 is 14.7 Å². The summed E-state index contributed by atoms with van der Waals surface area (Å²) in [6.45, 7) is 0. The van der Waals surface area contributed by atoms with Crippen molar-refractivity contribution in [2.24, 2.45) is 24.3 Å². The van der Waals surface area contributed by atoms with E-state index in [-0.39, 0.29) is 29.7 Å². The molecule has 0 spiro atoms. The molecule has 1 aromatic heterocycles. The summed E-state index contributed by atoms with van der Waals surface area (Å²) in [6, 6.07) is 2.03. The monoisotopic (exact) mass is 275 g/mol. The lowest BCUT2D eigenvalue weighted by Gasteiger charge is -2.32. The minimum atomic E-state index is -0.702. The van der Waals surface area contributed by atoms with E-state index in [2.05, 4.69) is 10.4 Å². The second-order valence-corrected chi connectivity index (χ2v) is 6.42. The summed E-state index contributed by atoms with van der Waals surface area (Å²) in [6.07, 6.45) is 3.94. The Balaban J connectivity index is 1.33. The number of hydrogen-bond donors (Lipinski definition) is 2. The van der Waals surface area contributed by atoms with Crippen LogP contribution >= 0.6 is 0 Å². The molecule has 4 rings (SSSR count). The van der Waals surface area contributed by atoms with Crippen LogP contribution in [0.15, 0.2) is 12.3 Å². The third kappa shape index (κ3) is 1.47. The predicted octanol–water partition coefficient (Wildman–Crippen LogP) is 0.503. The van der Waals surface area contributed by atoms with E-state index in [0.717, 1.165) is 18.5 Å². The lowest BCUT2D eigenvalue weighted by Crippen LogP contribution is -2.48. The summed E-state index contributed by atoms with van der Waals surface area (Å²) in [5.74, 6) is -0.160. The van der Waals surface area contributed by atoms with Gasteiger partial charge in [0, 0.05) is 36.8 Å². The number of aliphatic carboxylic acids is 1. The molecule has 3 aliphatic rings. The molecule has 6 heteroatoms. The molecule has 0 unspecified atom stereocenters. The van der Waals surface area contributed by atoms with Gasteiger partial charge < -0.3 is 10.4 Å². The van der Waals surface area contributed by atoms with Crippen LogP contribution in [0.2, 0.25) is 0 Å². The van der Waals surface area contributed by atoms with Crippen molar-refractivity contribution in [3.8, 4) is 0 Å². The second kappa shape index (κ2) is 3.62. The Morgan fingerprint density at radius 2 is 2.30 bits per heavy atom. The van der Waals surface area contributed by atoms with Crippen LogP contribution in [-0.4, -0.2) is 32.8 Å². The van der Waals surface area contributed by atoms with E-state index in [1.165, 1.54) is 0 Å². The quantitative estimate of drug-likeness (QED) is 0.838. The molecule has 3 saturated carbocycles. The van der Waals surface area contributed by atoms with E-state index < -0.39 is 11.4 Å². The fraction of sp³-hybridized carbons (Fsp3) is 0.643. The summed E-state index contributed by atoms with van der Waals surface area (Å²) >= 11 is 0. The average molecular weight is 275 g/mol. The smallest absolute Gasteiger partial charge is 0.310 e. The Morgan fingerprint density at radius 3 is 2.85 bits per heavy atom. The van der Waals surface area contributed by atoms with E-state index in [1.807, 2.05) is 17.8 Å². The van der Waals surface area contributed by atoms with Gasteiger partial charge in [0.05, 0.1) is 5.41 Å². The highest BCUT2D eigenvalue weighted by Gasteiger charge is 2.72. The lowest BCUT2D eigenvalue weighted by atomic mass is 9.80. The van der Waals surface area contributed by atoms with Gasteiger partial charge in [-0.25, -0.2) is 0 Å². The maximum atomic E-state index is 12.2. The zero-order valence-corrected chi connectivity index (χ0v) is 11.2. The van der Waals surface area contributed by atoms with Gasteiger partial charge >= 0.3 is 5.97 Å². The van der Waals surface area contributed by atoms with Gasteiger partial charge in [0.1, 0.15) is 0 Å². The molecule has 0 aliphatic heterocycles. The van der Waals surface area contributed by atoms with Gasteiger partial charge in [-0.3, -0.25) is 14.3 Å². The number of nitrogens with zero attached hydrogens (tertiary/aromatic N) is 2. The highest BCUT2D eigenvalue weighted by atomic mass is 16.4. The Bertz CT molecular complexity index is 611. The Kier molecular flexibility index (Phi) is 2.16. The van der Waals surface area contributed by atoms with Gasteiger partial charge in [0.2, 0.25) is 5.91 Å². The highest BCUT2D eigenvalue weighted by molar-refractivity contribution is 5.85. The molecule has 0 saturated heterocycles. The van der Waals surface area contributed by atoms with Crippen molar-refractivity contribution in [1.82, 2.24) is 15.1 Å². The average Bonchev–Trinajstić information content (AvgIpc) is 3.24. The Labute approximate surface area is 116 Å². The zero-order valence-electron chi connectivity index (χ0n) is 11.2. The maximum absolute atomic E-state index is 12.2. The van der Waals surface area contributed by atoms with Crippen LogP contribution in [-0.2, 0) is 16.6 Å². The van der Waals surface area contributed by atoms with Crippen LogP contribution in [0.4, 0.5) is 0 Å². The van der Waals surface area contributed by atoms with Crippen LogP contribution in [0.1, 0.15) is 30.9 Å². The first-order chi connectivity index (χ1) is 9.53. The molecule has 106 valence electrons. The van der Waals surface area contributed by atoms with Crippen molar-refractivity contribution in [2.45, 2.75) is 31.2 Å². The van der Waals surface area contributed by atoms with Crippen LogP contribution in [0.3, 0.4) is 0 Å². The molecule has 1 amide bonds. The molecule has 1 heterocycles. The van der Waals surface area contributed by atoms with Crippen LogP contribution in [0.25, 0.3) is 0 Å². The summed E-state index contributed by atoms with van der Waals surface area (Å²) in [5.41, 5.74) is 0.605. The SMILES string of the molecule is Cn1nccc1[C@@H]1C[C@H]1C(=O)N[C@@H]1C[C@@]2(C(=O)O)C[C@@H]12. The van der Waals surface area contributed by atoms with Gasteiger partial charge in [0.25, 0.3) is 0 Å². The normalized spacial score (nSPS) is 40.5. The maximum Gasteiger partial charge on any atom is 0.310 e. The number of carboxylic acid groups (broad SMARTS) is 1. The Morgan fingerprint density at radius 1 is 1.50 bits per heavy atom. The Hall–Kier alpha value is -1.85. The minimum Gasteiger partial charge on any atom is -0.481 e. The number of nitrogens with one attached hydrogen (secondary N) is 1. The van der Waals surface area contributed by atoms with E-state index in [1.54, 1.807) is 6.20 Å². The summed E-state index contributed by atoms with van der Waals surface area (Å²) in [4.78, 5) is 23.2. The number of amides is 1. The van der Waals surface area contributed by atoms with Gasteiger partial charge in [-0.1, -0.05) is 0 Å². The number of aryl methyl sites for hydroxylation is 1. The number of carboxylic acids is 1. The molecular formula is C14H17N3O3. The summed E-state index contributed by atoms with van der Waals surface area (Å²) in [5, 5.41) is 16.2. The van der Waals surface area contributed by atoms with Crippen molar-refractivity contribution >= 4 is 11.9 Å². The number of carbonyl (C=O) groups excluding carboxylic acids is 1. The van der Waals surface area contributed by atoms with E-state index in [0.29, 0.717) is 6.42 Å². The third-order valence-electron chi connectivity index (χ3n) is 5.32. The molecule has 3 fully saturated rings. The molecule has 3 aliphatic carbocycles. The first-order valence-electron chi connectivity index (χ1n) is 7.04. The largest absolute Gasteiger partial charge is 0.481 e. The predicted molar refractivity (Wildman–Crippen MR) is 68.8 cm³/mol. The van der Waals surface area contributed by atoms with Crippen molar-refractivity contribution in [3.05, 3.63) is 18.0 Å². The van der Waals surface area contributed by atoms with Crippen molar-refractivity contribution in [3.63, 3.8) is 0 Å². The zero-order chi connectivity index (χ0) is 14.1. The number of fused-ring (bicyclic) bond motifs is 1. The molecule has 0 bridgehead atoms.